The van der Waals surface area contributed by atoms with Gasteiger partial charge in [-0.05, 0) is 55.8 Å². The van der Waals surface area contributed by atoms with Gasteiger partial charge >= 0.3 is 0 Å². The molecule has 146 valence electrons. The number of carbonyl (C=O) groups is 1. The molecule has 2 rings (SSSR count). The summed E-state index contributed by atoms with van der Waals surface area (Å²) in [6.07, 6.45) is 0. The van der Waals surface area contributed by atoms with E-state index in [1.165, 1.54) is 26.0 Å². The van der Waals surface area contributed by atoms with Crippen molar-refractivity contribution < 1.29 is 13.2 Å². The van der Waals surface area contributed by atoms with Gasteiger partial charge in [-0.15, -0.1) is 0 Å². The van der Waals surface area contributed by atoms with Gasteiger partial charge in [-0.2, -0.15) is 0 Å². The van der Waals surface area contributed by atoms with Crippen molar-refractivity contribution in [1.82, 2.24) is 5.32 Å². The highest BCUT2D eigenvalue weighted by molar-refractivity contribution is 9.10. The number of benzene rings is 2. The van der Waals surface area contributed by atoms with E-state index in [4.69, 9.17) is 11.6 Å². The van der Waals surface area contributed by atoms with E-state index in [9.17, 15) is 13.2 Å². The molecule has 0 heterocycles. The van der Waals surface area contributed by atoms with Gasteiger partial charge in [0.1, 0.15) is 4.75 Å². The average Bonchev–Trinajstić information content (AvgIpc) is 2.60. The van der Waals surface area contributed by atoms with Crippen molar-refractivity contribution in [3.05, 3.63) is 63.6 Å². The average molecular weight is 473 g/mol. The Morgan fingerprint density at radius 2 is 1.67 bits per heavy atom. The first-order chi connectivity index (χ1) is 12.4. The highest BCUT2D eigenvalue weighted by atomic mass is 79.9. The second-order valence-corrected chi connectivity index (χ2v) is 11.4. The number of sulfone groups is 1. The van der Waals surface area contributed by atoms with Crippen molar-refractivity contribution in [3.8, 4) is 0 Å². The minimum atomic E-state index is -3.85. The first kappa shape index (κ1) is 21.9. The van der Waals surface area contributed by atoms with E-state index in [1.54, 1.807) is 18.2 Å². The maximum absolute atomic E-state index is 13.0. The summed E-state index contributed by atoms with van der Waals surface area (Å²) in [6, 6.07) is 13.7. The van der Waals surface area contributed by atoms with E-state index in [0.717, 1.165) is 10.0 Å². The molecule has 0 spiro atoms. The molecule has 0 atom stereocenters. The molecular formula is C20H23BrClNO3S. The zero-order valence-electron chi connectivity index (χ0n) is 15.7. The summed E-state index contributed by atoms with van der Waals surface area (Å²) in [5.41, 5.74) is 0.557. The smallest absolute Gasteiger partial charge is 0.241 e. The maximum atomic E-state index is 13.0. The zero-order valence-corrected chi connectivity index (χ0v) is 18.9. The van der Waals surface area contributed by atoms with E-state index < -0.39 is 25.9 Å². The van der Waals surface area contributed by atoms with Crippen LogP contribution >= 0.6 is 27.5 Å². The number of carbonyl (C=O) groups excluding carboxylic acids is 1. The van der Waals surface area contributed by atoms with Gasteiger partial charge in [-0.3, -0.25) is 4.79 Å². The molecule has 0 aliphatic carbocycles. The molecular weight excluding hydrogens is 450 g/mol. The van der Waals surface area contributed by atoms with Crippen molar-refractivity contribution in [2.24, 2.45) is 0 Å². The minimum Gasteiger partial charge on any atom is -0.354 e. The Morgan fingerprint density at radius 3 is 2.22 bits per heavy atom. The van der Waals surface area contributed by atoms with Gasteiger partial charge in [0, 0.05) is 21.5 Å². The molecule has 27 heavy (non-hydrogen) atoms. The third-order valence-corrected chi connectivity index (χ3v) is 7.83. The minimum absolute atomic E-state index is 0.111. The number of nitrogens with one attached hydrogen (secondary N) is 1. The van der Waals surface area contributed by atoms with Gasteiger partial charge < -0.3 is 5.32 Å². The topological polar surface area (TPSA) is 63.2 Å². The SMILES string of the molecule is CC(C)(CNC(=O)C(C)(C)S(=O)(=O)c1ccc(Br)cc1)c1cccc(Cl)c1. The summed E-state index contributed by atoms with van der Waals surface area (Å²) in [4.78, 5) is 12.9. The predicted molar refractivity (Wildman–Crippen MR) is 113 cm³/mol. The molecule has 0 radical (unpaired) electrons. The number of hydrogen-bond acceptors (Lipinski definition) is 3. The number of rotatable bonds is 6. The van der Waals surface area contributed by atoms with Crippen molar-refractivity contribution in [3.63, 3.8) is 0 Å². The van der Waals surface area contributed by atoms with Crippen molar-refractivity contribution in [1.29, 1.82) is 0 Å². The van der Waals surface area contributed by atoms with Gasteiger partial charge in [-0.25, -0.2) is 8.42 Å². The predicted octanol–water partition coefficient (Wildman–Crippen LogP) is 4.75. The summed E-state index contributed by atoms with van der Waals surface area (Å²) >= 11 is 9.34. The molecule has 2 aromatic rings. The lowest BCUT2D eigenvalue weighted by Crippen LogP contribution is -2.50. The number of hydrogen-bond donors (Lipinski definition) is 1. The molecule has 0 fully saturated rings. The fourth-order valence-corrected chi connectivity index (χ4v) is 4.41. The summed E-state index contributed by atoms with van der Waals surface area (Å²) < 4.78 is 25.1. The molecule has 0 unspecified atom stereocenters. The van der Waals surface area contributed by atoms with Crippen molar-refractivity contribution in [2.45, 2.75) is 42.8 Å². The van der Waals surface area contributed by atoms with Gasteiger partial charge in [0.25, 0.3) is 0 Å². The van der Waals surface area contributed by atoms with Crippen LogP contribution < -0.4 is 5.32 Å². The number of amides is 1. The van der Waals surface area contributed by atoms with Gasteiger partial charge in [0.15, 0.2) is 9.84 Å². The van der Waals surface area contributed by atoms with Gasteiger partial charge in [-0.1, -0.05) is 53.5 Å². The molecule has 2 aromatic carbocycles. The molecule has 7 heteroatoms. The summed E-state index contributed by atoms with van der Waals surface area (Å²) in [5.74, 6) is -0.541. The van der Waals surface area contributed by atoms with Crippen LogP contribution in [0.3, 0.4) is 0 Å². The van der Waals surface area contributed by atoms with Crippen LogP contribution in [0.25, 0.3) is 0 Å². The lowest BCUT2D eigenvalue weighted by molar-refractivity contribution is -0.123. The first-order valence-electron chi connectivity index (χ1n) is 8.42. The fourth-order valence-electron chi connectivity index (χ4n) is 2.56. The quantitative estimate of drug-likeness (QED) is 0.660. The molecule has 1 amide bonds. The first-order valence-corrected chi connectivity index (χ1v) is 11.1. The fraction of sp³-hybridized carbons (Fsp3) is 0.350. The third kappa shape index (κ3) is 4.73. The third-order valence-electron chi connectivity index (χ3n) is 4.64. The molecule has 0 aliphatic rings. The van der Waals surface area contributed by atoms with Crippen LogP contribution in [0.2, 0.25) is 5.02 Å². The molecule has 1 N–H and O–H groups in total. The Kier molecular flexibility index (Phi) is 6.44. The van der Waals surface area contributed by atoms with E-state index in [-0.39, 0.29) is 11.4 Å². The lowest BCUT2D eigenvalue weighted by atomic mass is 9.84. The Bertz CT molecular complexity index is 938. The van der Waals surface area contributed by atoms with E-state index in [1.807, 2.05) is 32.0 Å². The van der Waals surface area contributed by atoms with E-state index >= 15 is 0 Å². The van der Waals surface area contributed by atoms with E-state index in [0.29, 0.717) is 5.02 Å². The largest absolute Gasteiger partial charge is 0.354 e. The Balaban J connectivity index is 2.19. The highest BCUT2D eigenvalue weighted by Gasteiger charge is 2.43. The second-order valence-electron chi connectivity index (χ2n) is 7.54. The van der Waals surface area contributed by atoms with Gasteiger partial charge in [0.2, 0.25) is 5.91 Å². The van der Waals surface area contributed by atoms with Crippen LogP contribution in [0.4, 0.5) is 0 Å². The van der Waals surface area contributed by atoms with Crippen LogP contribution in [0.1, 0.15) is 33.3 Å². The normalized spacial score (nSPS) is 12.7. The van der Waals surface area contributed by atoms with Crippen molar-refractivity contribution in [2.75, 3.05) is 6.54 Å². The lowest BCUT2D eigenvalue weighted by Gasteiger charge is -2.29. The van der Waals surface area contributed by atoms with Gasteiger partial charge in [0.05, 0.1) is 4.90 Å². The summed E-state index contributed by atoms with van der Waals surface area (Å²) in [5, 5.41) is 3.41. The Labute approximate surface area is 174 Å². The maximum Gasteiger partial charge on any atom is 0.241 e. The number of halogens is 2. The van der Waals surface area contributed by atoms with Crippen LogP contribution in [-0.4, -0.2) is 25.6 Å². The standard InChI is InChI=1S/C20H23BrClNO3S/c1-19(2,14-6-5-7-16(22)12-14)13-23-18(24)20(3,4)27(25,26)17-10-8-15(21)9-11-17/h5-12H,13H2,1-4H3,(H,23,24). The molecule has 0 aliphatic heterocycles. The second kappa shape index (κ2) is 7.94. The molecule has 0 saturated heterocycles. The Morgan fingerprint density at radius 1 is 1.07 bits per heavy atom. The molecule has 0 saturated carbocycles. The van der Waals surface area contributed by atoms with Crippen LogP contribution in [-0.2, 0) is 20.0 Å². The van der Waals surface area contributed by atoms with Crippen LogP contribution in [0.5, 0.6) is 0 Å². The van der Waals surface area contributed by atoms with E-state index in [2.05, 4.69) is 21.2 Å². The highest BCUT2D eigenvalue weighted by Crippen LogP contribution is 2.28. The monoisotopic (exact) mass is 471 g/mol. The zero-order chi connectivity index (χ0) is 20.5. The van der Waals surface area contributed by atoms with Crippen LogP contribution in [0, 0.1) is 0 Å². The molecule has 0 bridgehead atoms. The molecule has 4 nitrogen and oxygen atoms in total. The van der Waals surface area contributed by atoms with Crippen LogP contribution in [0.15, 0.2) is 57.9 Å². The summed E-state index contributed by atoms with van der Waals surface area (Å²) in [7, 11) is -3.85. The molecule has 0 aromatic heterocycles. The van der Waals surface area contributed by atoms with Crippen molar-refractivity contribution >= 4 is 43.3 Å². The summed E-state index contributed by atoms with van der Waals surface area (Å²) in [6.45, 7) is 7.06. The Hall–Kier alpha value is -1.37.